The molecule has 98 valence electrons. The number of aromatic nitrogens is 1. The molecule has 0 fully saturated rings. The summed E-state index contributed by atoms with van der Waals surface area (Å²) in [6.45, 7) is 1.67. The van der Waals surface area contributed by atoms with Crippen molar-refractivity contribution in [3.63, 3.8) is 0 Å². The molecule has 0 spiro atoms. The normalized spacial score (nSPS) is 11.9. The van der Waals surface area contributed by atoms with Crippen LogP contribution in [0.25, 0.3) is 0 Å². The number of hydrogen-bond acceptors (Lipinski definition) is 3. The van der Waals surface area contributed by atoms with Gasteiger partial charge in [-0.15, -0.1) is 0 Å². The number of carbonyl (C=O) groups excluding carboxylic acids is 1. The molecule has 5 nitrogen and oxygen atoms in total. The van der Waals surface area contributed by atoms with Crippen molar-refractivity contribution >= 4 is 11.6 Å². The second-order valence-corrected chi connectivity index (χ2v) is 4.19. The van der Waals surface area contributed by atoms with Crippen LogP contribution in [0.4, 0.5) is 5.69 Å². The smallest absolute Gasteiger partial charge is 0.257 e. The Morgan fingerprint density at radius 2 is 1.89 bits per heavy atom. The van der Waals surface area contributed by atoms with E-state index >= 15 is 0 Å². The number of aromatic amines is 1. The van der Waals surface area contributed by atoms with Crippen molar-refractivity contribution in [2.45, 2.75) is 13.0 Å². The maximum absolute atomic E-state index is 11.9. The highest BCUT2D eigenvalue weighted by Gasteiger charge is 2.06. The molecule has 1 unspecified atom stereocenters. The van der Waals surface area contributed by atoms with Gasteiger partial charge >= 0.3 is 0 Å². The SMILES string of the molecule is CC(O)c1ccc(NC(=O)c2ccc(=O)[nH]c2)cc1. The third-order valence-corrected chi connectivity index (χ3v) is 2.70. The first-order valence-corrected chi connectivity index (χ1v) is 5.84. The molecule has 1 heterocycles. The molecule has 1 amide bonds. The molecule has 0 aliphatic rings. The lowest BCUT2D eigenvalue weighted by molar-refractivity contribution is 0.102. The molecule has 2 aromatic rings. The number of anilines is 1. The molecular formula is C14H14N2O3. The van der Waals surface area contributed by atoms with Gasteiger partial charge in [0.25, 0.3) is 5.91 Å². The van der Waals surface area contributed by atoms with E-state index in [-0.39, 0.29) is 11.5 Å². The summed E-state index contributed by atoms with van der Waals surface area (Å²) in [5, 5.41) is 12.1. The number of aliphatic hydroxyl groups excluding tert-OH is 1. The molecule has 0 saturated carbocycles. The zero-order valence-electron chi connectivity index (χ0n) is 10.4. The Morgan fingerprint density at radius 1 is 1.21 bits per heavy atom. The number of carbonyl (C=O) groups is 1. The van der Waals surface area contributed by atoms with E-state index in [2.05, 4.69) is 10.3 Å². The lowest BCUT2D eigenvalue weighted by Gasteiger charge is -2.07. The van der Waals surface area contributed by atoms with Crippen LogP contribution in [0.1, 0.15) is 28.9 Å². The van der Waals surface area contributed by atoms with E-state index in [1.54, 1.807) is 31.2 Å². The largest absolute Gasteiger partial charge is 0.389 e. The van der Waals surface area contributed by atoms with Crippen LogP contribution in [-0.2, 0) is 0 Å². The van der Waals surface area contributed by atoms with Crippen LogP contribution in [0.15, 0.2) is 47.4 Å². The highest BCUT2D eigenvalue weighted by molar-refractivity contribution is 6.03. The second-order valence-electron chi connectivity index (χ2n) is 4.19. The second kappa shape index (κ2) is 5.49. The van der Waals surface area contributed by atoms with Gasteiger partial charge in [-0.25, -0.2) is 0 Å². The first-order chi connectivity index (χ1) is 9.06. The molecule has 0 radical (unpaired) electrons. The van der Waals surface area contributed by atoms with Gasteiger partial charge < -0.3 is 15.4 Å². The number of nitrogens with one attached hydrogen (secondary N) is 2. The summed E-state index contributed by atoms with van der Waals surface area (Å²) < 4.78 is 0. The number of pyridine rings is 1. The summed E-state index contributed by atoms with van der Waals surface area (Å²) in [4.78, 5) is 25.2. The van der Waals surface area contributed by atoms with Crippen molar-refractivity contribution in [2.75, 3.05) is 5.32 Å². The number of rotatable bonds is 3. The summed E-state index contributed by atoms with van der Waals surface area (Å²) >= 11 is 0. The molecule has 1 atom stereocenters. The highest BCUT2D eigenvalue weighted by Crippen LogP contribution is 2.16. The summed E-state index contributed by atoms with van der Waals surface area (Å²) in [5.41, 5.74) is 1.53. The molecule has 5 heteroatoms. The Bertz CT molecular complexity index is 609. The van der Waals surface area contributed by atoms with Gasteiger partial charge in [0.05, 0.1) is 11.7 Å². The van der Waals surface area contributed by atoms with Crippen molar-refractivity contribution in [3.8, 4) is 0 Å². The van der Waals surface area contributed by atoms with Crippen molar-refractivity contribution < 1.29 is 9.90 Å². The topological polar surface area (TPSA) is 82.2 Å². The monoisotopic (exact) mass is 258 g/mol. The average Bonchev–Trinajstić information content (AvgIpc) is 2.40. The Morgan fingerprint density at radius 3 is 2.42 bits per heavy atom. The Hall–Kier alpha value is -2.40. The molecule has 1 aromatic carbocycles. The maximum atomic E-state index is 11.9. The maximum Gasteiger partial charge on any atom is 0.257 e. The van der Waals surface area contributed by atoms with Gasteiger partial charge in [0.2, 0.25) is 5.56 Å². The third kappa shape index (κ3) is 3.29. The van der Waals surface area contributed by atoms with E-state index < -0.39 is 6.10 Å². The molecular weight excluding hydrogens is 244 g/mol. The van der Waals surface area contributed by atoms with E-state index in [1.807, 2.05) is 0 Å². The van der Waals surface area contributed by atoms with Crippen LogP contribution < -0.4 is 10.9 Å². The fourth-order valence-corrected chi connectivity index (χ4v) is 1.60. The molecule has 1 aromatic heterocycles. The molecule has 0 aliphatic carbocycles. The van der Waals surface area contributed by atoms with Crippen molar-refractivity contribution in [3.05, 3.63) is 64.1 Å². The first kappa shape index (κ1) is 13.0. The predicted molar refractivity (Wildman–Crippen MR) is 72.1 cm³/mol. The van der Waals surface area contributed by atoms with Crippen LogP contribution in [0.5, 0.6) is 0 Å². The summed E-state index contributed by atoms with van der Waals surface area (Å²) in [5.74, 6) is -0.305. The lowest BCUT2D eigenvalue weighted by atomic mass is 10.1. The van der Waals surface area contributed by atoms with Gasteiger partial charge in [-0.2, -0.15) is 0 Å². The fraction of sp³-hybridized carbons (Fsp3) is 0.143. The zero-order chi connectivity index (χ0) is 13.8. The van der Waals surface area contributed by atoms with Gasteiger partial charge in [0.1, 0.15) is 0 Å². The molecule has 2 rings (SSSR count). The Kier molecular flexibility index (Phi) is 3.77. The number of hydrogen-bond donors (Lipinski definition) is 3. The summed E-state index contributed by atoms with van der Waals surface area (Å²) in [6.07, 6.45) is 0.825. The minimum absolute atomic E-state index is 0.252. The minimum Gasteiger partial charge on any atom is -0.389 e. The van der Waals surface area contributed by atoms with Crippen LogP contribution in [0, 0.1) is 0 Å². The summed E-state index contributed by atoms with van der Waals surface area (Å²) in [7, 11) is 0. The highest BCUT2D eigenvalue weighted by atomic mass is 16.3. The van der Waals surface area contributed by atoms with Gasteiger partial charge in [0.15, 0.2) is 0 Å². The number of aliphatic hydroxyl groups is 1. The minimum atomic E-state index is -0.538. The number of benzene rings is 1. The van der Waals surface area contributed by atoms with Gasteiger partial charge in [0, 0.05) is 18.0 Å². The van der Waals surface area contributed by atoms with Crippen molar-refractivity contribution in [1.82, 2.24) is 4.98 Å². The first-order valence-electron chi connectivity index (χ1n) is 5.84. The van der Waals surface area contributed by atoms with Crippen LogP contribution in [0.2, 0.25) is 0 Å². The van der Waals surface area contributed by atoms with E-state index in [9.17, 15) is 14.7 Å². The van der Waals surface area contributed by atoms with Gasteiger partial charge in [-0.3, -0.25) is 9.59 Å². The fourth-order valence-electron chi connectivity index (χ4n) is 1.60. The molecule has 0 aliphatic heterocycles. The van der Waals surface area contributed by atoms with Gasteiger partial charge in [-0.05, 0) is 30.7 Å². The van der Waals surface area contributed by atoms with Gasteiger partial charge in [-0.1, -0.05) is 12.1 Å². The standard InChI is InChI=1S/C14H14N2O3/c1-9(17)10-2-5-12(6-3-10)16-14(19)11-4-7-13(18)15-8-11/h2-9,17H,1H3,(H,15,18)(H,16,19). The molecule has 3 N–H and O–H groups in total. The Balaban J connectivity index is 2.10. The number of amides is 1. The zero-order valence-corrected chi connectivity index (χ0v) is 10.4. The van der Waals surface area contributed by atoms with E-state index in [0.29, 0.717) is 11.3 Å². The van der Waals surface area contributed by atoms with E-state index in [4.69, 9.17) is 0 Å². The average molecular weight is 258 g/mol. The molecule has 0 saturated heterocycles. The summed E-state index contributed by atoms with van der Waals surface area (Å²) in [6, 6.07) is 9.67. The molecule has 19 heavy (non-hydrogen) atoms. The van der Waals surface area contributed by atoms with Crippen molar-refractivity contribution in [2.24, 2.45) is 0 Å². The van der Waals surface area contributed by atoms with E-state index in [0.717, 1.165) is 5.56 Å². The van der Waals surface area contributed by atoms with E-state index in [1.165, 1.54) is 18.3 Å². The molecule has 0 bridgehead atoms. The third-order valence-electron chi connectivity index (χ3n) is 2.70. The van der Waals surface area contributed by atoms with Crippen molar-refractivity contribution in [1.29, 1.82) is 0 Å². The Labute approximate surface area is 109 Å². The number of H-pyrrole nitrogens is 1. The quantitative estimate of drug-likeness (QED) is 0.783. The van der Waals surface area contributed by atoms with Crippen LogP contribution in [0.3, 0.4) is 0 Å². The van der Waals surface area contributed by atoms with Crippen LogP contribution >= 0.6 is 0 Å². The predicted octanol–water partition coefficient (Wildman–Crippen LogP) is 1.68. The van der Waals surface area contributed by atoms with Crippen LogP contribution in [-0.4, -0.2) is 16.0 Å². The lowest BCUT2D eigenvalue weighted by Crippen LogP contribution is -2.14.